The summed E-state index contributed by atoms with van der Waals surface area (Å²) in [4.78, 5) is 14.3. The highest BCUT2D eigenvalue weighted by Crippen LogP contribution is 2.17. The highest BCUT2D eigenvalue weighted by molar-refractivity contribution is 7.89. The van der Waals surface area contributed by atoms with E-state index in [1.54, 1.807) is 36.2 Å². The summed E-state index contributed by atoms with van der Waals surface area (Å²) >= 11 is 0. The summed E-state index contributed by atoms with van der Waals surface area (Å²) in [5, 5.41) is 0. The van der Waals surface area contributed by atoms with Crippen LogP contribution in [0.25, 0.3) is 0 Å². The molecule has 0 saturated heterocycles. The van der Waals surface area contributed by atoms with Crippen LogP contribution in [0.4, 0.5) is 0 Å². The van der Waals surface area contributed by atoms with Gasteiger partial charge in [-0.15, -0.1) is 0 Å². The van der Waals surface area contributed by atoms with E-state index < -0.39 is 10.0 Å². The quantitative estimate of drug-likeness (QED) is 0.622. The SMILES string of the molecule is CCN(CC)S(=O)(=O)c1ccc(CCC(=O)N(C)CCC(N)C(C)C)cc1. The molecule has 0 bridgehead atoms. The fourth-order valence-electron chi connectivity index (χ4n) is 2.78. The first-order chi connectivity index (χ1) is 12.6. The van der Waals surface area contributed by atoms with E-state index in [4.69, 9.17) is 5.73 Å². The van der Waals surface area contributed by atoms with Crippen LogP contribution in [0.2, 0.25) is 0 Å². The molecule has 1 aromatic carbocycles. The standard InChI is InChI=1S/C20H35N3O3S/c1-6-23(7-2)27(25,26)18-11-8-17(9-12-18)10-13-20(24)22(5)15-14-19(21)16(3)4/h8-9,11-12,16,19H,6-7,10,13-15,21H2,1-5H3. The molecule has 0 radical (unpaired) electrons. The number of benzene rings is 1. The van der Waals surface area contributed by atoms with Gasteiger partial charge in [0.2, 0.25) is 15.9 Å². The van der Waals surface area contributed by atoms with Gasteiger partial charge in [0.25, 0.3) is 0 Å². The number of rotatable bonds is 11. The smallest absolute Gasteiger partial charge is 0.243 e. The lowest BCUT2D eigenvalue weighted by atomic mass is 10.0. The zero-order chi connectivity index (χ0) is 20.6. The normalized spacial score (nSPS) is 13.2. The highest BCUT2D eigenvalue weighted by atomic mass is 32.2. The minimum Gasteiger partial charge on any atom is -0.346 e. The minimum atomic E-state index is -3.44. The molecule has 1 unspecified atom stereocenters. The van der Waals surface area contributed by atoms with Gasteiger partial charge in [-0.1, -0.05) is 39.8 Å². The third kappa shape index (κ3) is 6.90. The number of carbonyl (C=O) groups is 1. The molecule has 0 saturated carbocycles. The van der Waals surface area contributed by atoms with Crippen molar-refractivity contribution in [1.82, 2.24) is 9.21 Å². The Morgan fingerprint density at radius 2 is 1.67 bits per heavy atom. The lowest BCUT2D eigenvalue weighted by molar-refractivity contribution is -0.129. The topological polar surface area (TPSA) is 83.7 Å². The fourth-order valence-corrected chi connectivity index (χ4v) is 4.24. The number of amides is 1. The van der Waals surface area contributed by atoms with Gasteiger partial charge < -0.3 is 10.6 Å². The number of nitrogens with zero attached hydrogens (tertiary/aromatic N) is 2. The van der Waals surface area contributed by atoms with Gasteiger partial charge in [-0.05, 0) is 36.5 Å². The van der Waals surface area contributed by atoms with E-state index in [1.807, 2.05) is 13.8 Å². The molecule has 1 rings (SSSR count). The second-order valence-corrected chi connectivity index (χ2v) is 9.18. The zero-order valence-corrected chi connectivity index (χ0v) is 18.1. The Morgan fingerprint density at radius 1 is 1.11 bits per heavy atom. The Kier molecular flexibility index (Phi) is 9.42. The molecule has 0 aliphatic carbocycles. The van der Waals surface area contributed by atoms with Gasteiger partial charge in [-0.3, -0.25) is 4.79 Å². The van der Waals surface area contributed by atoms with Gasteiger partial charge >= 0.3 is 0 Å². The van der Waals surface area contributed by atoms with E-state index in [9.17, 15) is 13.2 Å². The maximum absolute atomic E-state index is 12.5. The minimum absolute atomic E-state index is 0.0748. The van der Waals surface area contributed by atoms with E-state index in [2.05, 4.69) is 13.8 Å². The van der Waals surface area contributed by atoms with Gasteiger partial charge in [0.1, 0.15) is 0 Å². The summed E-state index contributed by atoms with van der Waals surface area (Å²) in [6.45, 7) is 9.35. The molecule has 0 heterocycles. The fraction of sp³-hybridized carbons (Fsp3) is 0.650. The van der Waals surface area contributed by atoms with E-state index >= 15 is 0 Å². The average molecular weight is 398 g/mol. The summed E-state index contributed by atoms with van der Waals surface area (Å²) in [6.07, 6.45) is 1.78. The Hall–Kier alpha value is -1.44. The van der Waals surface area contributed by atoms with Crippen LogP contribution in [-0.2, 0) is 21.2 Å². The number of nitrogens with two attached hydrogens (primary N) is 1. The van der Waals surface area contributed by atoms with E-state index in [0.717, 1.165) is 12.0 Å². The van der Waals surface area contributed by atoms with E-state index in [1.165, 1.54) is 4.31 Å². The molecular formula is C20H35N3O3S. The first-order valence-electron chi connectivity index (χ1n) is 9.72. The summed E-state index contributed by atoms with van der Waals surface area (Å²) in [5.74, 6) is 0.477. The van der Waals surface area contributed by atoms with Crippen LogP contribution in [0.15, 0.2) is 29.2 Å². The molecule has 0 aliphatic heterocycles. The largest absolute Gasteiger partial charge is 0.346 e. The molecule has 27 heavy (non-hydrogen) atoms. The Morgan fingerprint density at radius 3 is 2.15 bits per heavy atom. The van der Waals surface area contributed by atoms with Crippen molar-refractivity contribution in [3.8, 4) is 0 Å². The zero-order valence-electron chi connectivity index (χ0n) is 17.3. The number of aryl methyl sites for hydroxylation is 1. The Labute approximate surface area is 164 Å². The molecule has 0 fully saturated rings. The second kappa shape index (κ2) is 10.8. The predicted octanol–water partition coefficient (Wildman–Crippen LogP) is 2.48. The van der Waals surface area contributed by atoms with Crippen molar-refractivity contribution in [3.05, 3.63) is 29.8 Å². The first kappa shape index (κ1) is 23.6. The van der Waals surface area contributed by atoms with Gasteiger partial charge in [0.05, 0.1) is 4.90 Å². The molecule has 0 spiro atoms. The maximum atomic E-state index is 12.5. The molecule has 0 aliphatic rings. The van der Waals surface area contributed by atoms with Crippen LogP contribution in [0.3, 0.4) is 0 Å². The van der Waals surface area contributed by atoms with Crippen LogP contribution in [0.1, 0.15) is 46.1 Å². The Balaban J connectivity index is 2.60. The van der Waals surface area contributed by atoms with Gasteiger partial charge in [0.15, 0.2) is 0 Å². The van der Waals surface area contributed by atoms with Crippen molar-refractivity contribution in [2.75, 3.05) is 26.7 Å². The van der Waals surface area contributed by atoms with Crippen LogP contribution in [-0.4, -0.2) is 56.3 Å². The lowest BCUT2D eigenvalue weighted by Crippen LogP contribution is -2.34. The third-order valence-corrected chi connectivity index (χ3v) is 7.04. The maximum Gasteiger partial charge on any atom is 0.243 e. The first-order valence-corrected chi connectivity index (χ1v) is 11.2. The van der Waals surface area contributed by atoms with Crippen molar-refractivity contribution in [1.29, 1.82) is 0 Å². The Bertz CT molecular complexity index is 683. The highest BCUT2D eigenvalue weighted by Gasteiger charge is 2.21. The van der Waals surface area contributed by atoms with Crippen molar-refractivity contribution < 1.29 is 13.2 Å². The van der Waals surface area contributed by atoms with E-state index in [-0.39, 0.29) is 11.9 Å². The van der Waals surface area contributed by atoms with Gasteiger partial charge in [-0.2, -0.15) is 4.31 Å². The van der Waals surface area contributed by atoms with Crippen molar-refractivity contribution in [3.63, 3.8) is 0 Å². The molecule has 1 amide bonds. The third-order valence-electron chi connectivity index (χ3n) is 4.97. The molecule has 1 aromatic rings. The number of hydrogen-bond donors (Lipinski definition) is 1. The van der Waals surface area contributed by atoms with Gasteiger partial charge in [-0.25, -0.2) is 8.42 Å². The number of hydrogen-bond acceptors (Lipinski definition) is 4. The summed E-state index contributed by atoms with van der Waals surface area (Å²) in [6, 6.07) is 6.93. The molecule has 6 nitrogen and oxygen atoms in total. The van der Waals surface area contributed by atoms with Crippen molar-refractivity contribution >= 4 is 15.9 Å². The van der Waals surface area contributed by atoms with Crippen LogP contribution < -0.4 is 5.73 Å². The van der Waals surface area contributed by atoms with Crippen molar-refractivity contribution in [2.24, 2.45) is 11.7 Å². The molecule has 2 N–H and O–H groups in total. The average Bonchev–Trinajstić information content (AvgIpc) is 2.64. The molecule has 1 atom stereocenters. The molecule has 154 valence electrons. The van der Waals surface area contributed by atoms with Crippen LogP contribution >= 0.6 is 0 Å². The van der Waals surface area contributed by atoms with E-state index in [0.29, 0.717) is 43.3 Å². The van der Waals surface area contributed by atoms with Crippen LogP contribution in [0, 0.1) is 5.92 Å². The monoisotopic (exact) mass is 397 g/mol. The lowest BCUT2D eigenvalue weighted by Gasteiger charge is -2.21. The predicted molar refractivity (Wildman–Crippen MR) is 110 cm³/mol. The summed E-state index contributed by atoms with van der Waals surface area (Å²) < 4.78 is 26.4. The number of carbonyl (C=O) groups excluding carboxylic acids is 1. The second-order valence-electron chi connectivity index (χ2n) is 7.25. The van der Waals surface area contributed by atoms with Crippen molar-refractivity contribution in [2.45, 2.75) is 57.9 Å². The summed E-state index contributed by atoms with van der Waals surface area (Å²) in [5.41, 5.74) is 6.98. The molecule has 0 aromatic heterocycles. The molecule has 7 heteroatoms. The van der Waals surface area contributed by atoms with Crippen LogP contribution in [0.5, 0.6) is 0 Å². The van der Waals surface area contributed by atoms with Gasteiger partial charge in [0, 0.05) is 39.1 Å². The number of sulfonamides is 1. The molecular weight excluding hydrogens is 362 g/mol. The summed E-state index contributed by atoms with van der Waals surface area (Å²) in [7, 11) is -1.64.